The lowest BCUT2D eigenvalue weighted by molar-refractivity contribution is -0.116. The lowest BCUT2D eigenvalue weighted by Gasteiger charge is -2.13. The fourth-order valence-electron chi connectivity index (χ4n) is 3.32. The van der Waals surface area contributed by atoms with Crippen LogP contribution in [0.3, 0.4) is 0 Å². The zero-order valence-electron chi connectivity index (χ0n) is 17.7. The van der Waals surface area contributed by atoms with Gasteiger partial charge in [0.1, 0.15) is 17.2 Å². The number of nitrogens with one attached hydrogen (secondary N) is 1. The molecule has 0 radical (unpaired) electrons. The average Bonchev–Trinajstić information content (AvgIpc) is 3.21. The van der Waals surface area contributed by atoms with Crippen LogP contribution in [0.5, 0.6) is 0 Å². The number of hydrogen-bond donors (Lipinski definition) is 3. The van der Waals surface area contributed by atoms with Gasteiger partial charge in [-0.1, -0.05) is 29.8 Å². The Morgan fingerprint density at radius 2 is 1.76 bits per heavy atom. The second-order valence-corrected chi connectivity index (χ2v) is 9.86. The monoisotopic (exact) mass is 498 g/mol. The summed E-state index contributed by atoms with van der Waals surface area (Å²) in [6.07, 6.45) is 0. The van der Waals surface area contributed by atoms with Gasteiger partial charge in [0.2, 0.25) is 15.9 Å². The van der Waals surface area contributed by atoms with Gasteiger partial charge in [0.25, 0.3) is 5.56 Å². The van der Waals surface area contributed by atoms with Crippen molar-refractivity contribution >= 4 is 49.1 Å². The van der Waals surface area contributed by atoms with Gasteiger partial charge in [-0.25, -0.2) is 23.3 Å². The van der Waals surface area contributed by atoms with Crippen LogP contribution in [0.4, 0.5) is 5.69 Å². The van der Waals surface area contributed by atoms with Gasteiger partial charge >= 0.3 is 5.97 Å². The first-order valence-electron chi connectivity index (χ1n) is 9.79. The van der Waals surface area contributed by atoms with Crippen LogP contribution in [0.2, 0.25) is 0 Å². The van der Waals surface area contributed by atoms with Crippen molar-refractivity contribution in [1.29, 1.82) is 0 Å². The number of sulfonamides is 1. The SMILES string of the molecule is Cc1ccc(-c2nc3scc(C(=O)O)c3c(=O)n2CC(=O)Nc2ccc(S(N)(=O)=O)cc2)cc1. The van der Waals surface area contributed by atoms with Crippen LogP contribution in [0.25, 0.3) is 21.6 Å². The predicted octanol–water partition coefficient (Wildman–Crippen LogP) is 2.42. The summed E-state index contributed by atoms with van der Waals surface area (Å²) in [5.41, 5.74) is 1.03. The van der Waals surface area contributed by atoms with E-state index in [0.717, 1.165) is 21.5 Å². The number of rotatable bonds is 6. The highest BCUT2D eigenvalue weighted by atomic mass is 32.2. The number of thiophene rings is 1. The number of carboxylic acid groups (broad SMARTS) is 1. The van der Waals surface area contributed by atoms with Crippen molar-refractivity contribution in [3.63, 3.8) is 0 Å². The first kappa shape index (κ1) is 23.3. The van der Waals surface area contributed by atoms with Crippen LogP contribution in [0.15, 0.2) is 63.6 Å². The predicted molar refractivity (Wildman–Crippen MR) is 127 cm³/mol. The first-order valence-corrected chi connectivity index (χ1v) is 12.2. The Labute approximate surface area is 197 Å². The number of aromatic carboxylic acids is 1. The van der Waals surface area contributed by atoms with Crippen molar-refractivity contribution in [2.45, 2.75) is 18.4 Å². The highest BCUT2D eigenvalue weighted by molar-refractivity contribution is 7.89. The minimum absolute atomic E-state index is 0.0707. The second kappa shape index (κ2) is 8.82. The number of nitrogens with zero attached hydrogens (tertiary/aromatic N) is 2. The maximum Gasteiger partial charge on any atom is 0.337 e. The molecule has 0 aliphatic rings. The fourth-order valence-corrected chi connectivity index (χ4v) is 4.74. The number of benzene rings is 2. The first-order chi connectivity index (χ1) is 16.0. The van der Waals surface area contributed by atoms with Crippen molar-refractivity contribution in [2.75, 3.05) is 5.32 Å². The van der Waals surface area contributed by atoms with Crippen molar-refractivity contribution in [3.05, 3.63) is 75.4 Å². The number of carboxylic acids is 1. The maximum atomic E-state index is 13.3. The molecule has 1 amide bonds. The molecule has 2 aromatic heterocycles. The lowest BCUT2D eigenvalue weighted by atomic mass is 10.1. The molecule has 0 saturated heterocycles. The zero-order valence-corrected chi connectivity index (χ0v) is 19.3. The zero-order chi connectivity index (χ0) is 24.6. The Morgan fingerprint density at radius 1 is 1.12 bits per heavy atom. The molecule has 0 aliphatic carbocycles. The van der Waals surface area contributed by atoms with Crippen LogP contribution in [-0.2, 0) is 21.4 Å². The van der Waals surface area contributed by atoms with Gasteiger partial charge in [0, 0.05) is 16.6 Å². The van der Waals surface area contributed by atoms with Gasteiger partial charge in [-0.05, 0) is 31.2 Å². The largest absolute Gasteiger partial charge is 0.478 e. The highest BCUT2D eigenvalue weighted by Crippen LogP contribution is 2.26. The molecule has 0 unspecified atom stereocenters. The molecule has 10 nitrogen and oxygen atoms in total. The number of fused-ring (bicyclic) bond motifs is 1. The van der Waals surface area contributed by atoms with Crippen molar-refractivity contribution < 1.29 is 23.1 Å². The number of nitrogens with two attached hydrogens (primary N) is 1. The Kier molecular flexibility index (Phi) is 6.04. The number of carbonyl (C=O) groups is 2. The maximum absolute atomic E-state index is 13.3. The van der Waals surface area contributed by atoms with E-state index in [4.69, 9.17) is 5.14 Å². The number of aromatic nitrogens is 2. The quantitative estimate of drug-likeness (QED) is 0.368. The number of carbonyl (C=O) groups excluding carboxylic acids is 1. The van der Waals surface area contributed by atoms with Crippen LogP contribution in [0, 0.1) is 6.92 Å². The molecule has 0 fully saturated rings. The molecular formula is C22H18N4O6S2. The number of amides is 1. The molecule has 4 N–H and O–H groups in total. The number of primary sulfonamides is 1. The topological polar surface area (TPSA) is 161 Å². The smallest absolute Gasteiger partial charge is 0.337 e. The molecule has 2 aromatic carbocycles. The van der Waals surface area contributed by atoms with E-state index >= 15 is 0 Å². The third-order valence-corrected chi connectivity index (χ3v) is 6.80. The molecule has 2 heterocycles. The molecule has 34 heavy (non-hydrogen) atoms. The van der Waals surface area contributed by atoms with Gasteiger partial charge < -0.3 is 10.4 Å². The highest BCUT2D eigenvalue weighted by Gasteiger charge is 2.21. The van der Waals surface area contributed by atoms with E-state index in [1.165, 1.54) is 29.6 Å². The van der Waals surface area contributed by atoms with Gasteiger partial charge in [-0.15, -0.1) is 11.3 Å². The summed E-state index contributed by atoms with van der Waals surface area (Å²) < 4.78 is 23.9. The molecular weight excluding hydrogens is 480 g/mol. The third-order valence-electron chi connectivity index (χ3n) is 5.00. The molecule has 0 saturated carbocycles. The van der Waals surface area contributed by atoms with Crippen LogP contribution in [-0.4, -0.2) is 35.0 Å². The van der Waals surface area contributed by atoms with Gasteiger partial charge in [0.15, 0.2) is 0 Å². The number of hydrogen-bond acceptors (Lipinski definition) is 7. The van der Waals surface area contributed by atoms with Crippen LogP contribution >= 0.6 is 11.3 Å². The Morgan fingerprint density at radius 3 is 2.35 bits per heavy atom. The Hall–Kier alpha value is -3.87. The molecule has 12 heteroatoms. The normalized spacial score (nSPS) is 11.5. The Balaban J connectivity index is 1.75. The van der Waals surface area contributed by atoms with E-state index < -0.39 is 34.0 Å². The molecule has 0 atom stereocenters. The summed E-state index contributed by atoms with van der Waals surface area (Å²) in [7, 11) is -3.88. The van der Waals surface area contributed by atoms with E-state index in [0.29, 0.717) is 5.56 Å². The van der Waals surface area contributed by atoms with Crippen molar-refractivity contribution in [1.82, 2.24) is 9.55 Å². The van der Waals surface area contributed by atoms with Gasteiger partial charge in [-0.3, -0.25) is 14.2 Å². The van der Waals surface area contributed by atoms with E-state index in [9.17, 15) is 27.9 Å². The second-order valence-electron chi connectivity index (χ2n) is 7.44. The minimum Gasteiger partial charge on any atom is -0.478 e. The van der Waals surface area contributed by atoms with Crippen molar-refractivity contribution in [2.24, 2.45) is 5.14 Å². The third kappa shape index (κ3) is 4.59. The summed E-state index contributed by atoms with van der Waals surface area (Å²) in [6, 6.07) is 12.4. The molecule has 4 aromatic rings. The van der Waals surface area contributed by atoms with E-state index in [2.05, 4.69) is 10.3 Å². The van der Waals surface area contributed by atoms with Crippen LogP contribution < -0.4 is 16.0 Å². The summed E-state index contributed by atoms with van der Waals surface area (Å²) in [5.74, 6) is -1.64. The van der Waals surface area contributed by atoms with E-state index in [1.807, 2.05) is 19.1 Å². The van der Waals surface area contributed by atoms with Gasteiger partial charge in [-0.2, -0.15) is 0 Å². The van der Waals surface area contributed by atoms with Gasteiger partial charge in [0.05, 0.1) is 15.8 Å². The van der Waals surface area contributed by atoms with Crippen molar-refractivity contribution in [3.8, 4) is 11.4 Å². The number of aryl methyl sites for hydroxylation is 1. The summed E-state index contributed by atoms with van der Waals surface area (Å²) in [4.78, 5) is 42.3. The minimum atomic E-state index is -3.88. The van der Waals surface area contributed by atoms with E-state index in [1.54, 1.807) is 12.1 Å². The summed E-state index contributed by atoms with van der Waals surface area (Å²) in [6.45, 7) is 1.46. The summed E-state index contributed by atoms with van der Waals surface area (Å²) in [5, 5.41) is 18.4. The lowest BCUT2D eigenvalue weighted by Crippen LogP contribution is -2.30. The standard InChI is InChI=1S/C22H18N4O6S2/c1-12-2-4-13(5-3-12)19-25-20-18(16(11-33-20)22(29)30)21(28)26(19)10-17(27)24-14-6-8-15(9-7-14)34(23,31)32/h2-9,11H,10H2,1H3,(H,24,27)(H,29,30)(H2,23,31,32). The van der Waals surface area contributed by atoms with E-state index in [-0.39, 0.29) is 32.2 Å². The molecule has 0 spiro atoms. The molecule has 174 valence electrons. The molecule has 0 bridgehead atoms. The fraction of sp³-hybridized carbons (Fsp3) is 0.0909. The van der Waals surface area contributed by atoms with Crippen LogP contribution in [0.1, 0.15) is 15.9 Å². The Bertz CT molecular complexity index is 1590. The number of anilines is 1. The molecule has 0 aliphatic heterocycles. The summed E-state index contributed by atoms with van der Waals surface area (Å²) >= 11 is 1.04. The molecule has 4 rings (SSSR count). The average molecular weight is 499 g/mol.